The molecule has 5 heteroatoms. The summed E-state index contributed by atoms with van der Waals surface area (Å²) in [5.41, 5.74) is 2.29. The van der Waals surface area contributed by atoms with Crippen molar-refractivity contribution in [2.75, 3.05) is 11.4 Å². The maximum absolute atomic E-state index is 12.8. The highest BCUT2D eigenvalue weighted by atomic mass is 16.2. The highest BCUT2D eigenvalue weighted by Crippen LogP contribution is 2.35. The highest BCUT2D eigenvalue weighted by molar-refractivity contribution is 5.99. The van der Waals surface area contributed by atoms with Gasteiger partial charge in [0.1, 0.15) is 0 Å². The van der Waals surface area contributed by atoms with Crippen molar-refractivity contribution in [2.45, 2.75) is 43.7 Å². The molecule has 1 aromatic carbocycles. The van der Waals surface area contributed by atoms with E-state index in [1.165, 1.54) is 18.4 Å². The summed E-state index contributed by atoms with van der Waals surface area (Å²) in [7, 11) is 1.88. The fourth-order valence-electron chi connectivity index (χ4n) is 4.16. The zero-order valence-corrected chi connectivity index (χ0v) is 14.1. The zero-order valence-electron chi connectivity index (χ0n) is 14.1. The number of anilines is 1. The highest BCUT2D eigenvalue weighted by Gasteiger charge is 2.37. The molecular formula is C19H24N4O. The van der Waals surface area contributed by atoms with Crippen molar-refractivity contribution in [3.8, 4) is 0 Å². The minimum Gasteiger partial charge on any atom is -0.308 e. The molecule has 4 rings (SSSR count). The molecule has 126 valence electrons. The molecule has 0 unspecified atom stereocenters. The molecule has 0 bridgehead atoms. The van der Waals surface area contributed by atoms with E-state index in [9.17, 15) is 4.79 Å². The SMILES string of the molecule is Cn1cc(N2CC[C@H](N[C@H]3CCC[C@H]3c3ccccc3)C2=O)cn1. The van der Waals surface area contributed by atoms with Gasteiger partial charge in [0.15, 0.2) is 0 Å². The number of carbonyl (C=O) groups is 1. The Morgan fingerprint density at radius 1 is 1.17 bits per heavy atom. The maximum atomic E-state index is 12.8. The number of benzene rings is 1. The fourth-order valence-corrected chi connectivity index (χ4v) is 4.16. The van der Waals surface area contributed by atoms with Crippen molar-refractivity contribution in [3.05, 3.63) is 48.3 Å². The third-order valence-corrected chi connectivity index (χ3v) is 5.37. The Morgan fingerprint density at radius 3 is 2.75 bits per heavy atom. The Labute approximate surface area is 142 Å². The first kappa shape index (κ1) is 15.4. The molecule has 0 spiro atoms. The summed E-state index contributed by atoms with van der Waals surface area (Å²) in [6.07, 6.45) is 8.12. The van der Waals surface area contributed by atoms with Crippen LogP contribution in [-0.4, -0.2) is 34.3 Å². The predicted molar refractivity (Wildman–Crippen MR) is 93.9 cm³/mol. The van der Waals surface area contributed by atoms with Gasteiger partial charge >= 0.3 is 0 Å². The summed E-state index contributed by atoms with van der Waals surface area (Å²) >= 11 is 0. The molecule has 2 aliphatic rings. The van der Waals surface area contributed by atoms with Gasteiger partial charge in [-0.15, -0.1) is 0 Å². The third kappa shape index (κ3) is 2.84. The summed E-state index contributed by atoms with van der Waals surface area (Å²) in [4.78, 5) is 14.6. The summed E-state index contributed by atoms with van der Waals surface area (Å²) in [5.74, 6) is 0.702. The molecule has 1 aliphatic carbocycles. The van der Waals surface area contributed by atoms with Crippen molar-refractivity contribution in [1.82, 2.24) is 15.1 Å². The van der Waals surface area contributed by atoms with E-state index in [0.29, 0.717) is 12.0 Å². The van der Waals surface area contributed by atoms with Crippen LogP contribution < -0.4 is 10.2 Å². The van der Waals surface area contributed by atoms with Crippen LogP contribution in [0.25, 0.3) is 0 Å². The van der Waals surface area contributed by atoms with Gasteiger partial charge < -0.3 is 10.2 Å². The molecule has 2 fully saturated rings. The second-order valence-corrected chi connectivity index (χ2v) is 6.92. The molecule has 2 heterocycles. The van der Waals surface area contributed by atoms with Crippen LogP contribution in [0.15, 0.2) is 42.7 Å². The number of nitrogens with zero attached hydrogens (tertiary/aromatic N) is 3. The number of nitrogens with one attached hydrogen (secondary N) is 1. The number of aromatic nitrogens is 2. The smallest absolute Gasteiger partial charge is 0.244 e. The van der Waals surface area contributed by atoms with E-state index in [1.54, 1.807) is 10.9 Å². The molecule has 1 saturated carbocycles. The lowest BCUT2D eigenvalue weighted by atomic mass is 9.93. The molecule has 1 N–H and O–H groups in total. The number of aryl methyl sites for hydroxylation is 1. The van der Waals surface area contributed by atoms with Gasteiger partial charge in [0.25, 0.3) is 0 Å². The molecule has 5 nitrogen and oxygen atoms in total. The molecule has 0 radical (unpaired) electrons. The van der Waals surface area contributed by atoms with Gasteiger partial charge in [-0.3, -0.25) is 9.48 Å². The van der Waals surface area contributed by atoms with Crippen molar-refractivity contribution in [2.24, 2.45) is 7.05 Å². The maximum Gasteiger partial charge on any atom is 0.244 e. The van der Waals surface area contributed by atoms with Crippen molar-refractivity contribution >= 4 is 11.6 Å². The third-order valence-electron chi connectivity index (χ3n) is 5.37. The Bertz CT molecular complexity index is 711. The number of rotatable bonds is 4. The van der Waals surface area contributed by atoms with Crippen LogP contribution in [0.4, 0.5) is 5.69 Å². The molecule has 1 aromatic heterocycles. The Kier molecular flexibility index (Phi) is 4.10. The summed E-state index contributed by atoms with van der Waals surface area (Å²) < 4.78 is 1.74. The lowest BCUT2D eigenvalue weighted by Gasteiger charge is -2.24. The number of carbonyl (C=O) groups excluding carboxylic acids is 1. The average Bonchev–Trinajstić information content (AvgIpc) is 3.31. The van der Waals surface area contributed by atoms with Crippen LogP contribution in [-0.2, 0) is 11.8 Å². The molecule has 1 saturated heterocycles. The summed E-state index contributed by atoms with van der Waals surface area (Å²) in [6.45, 7) is 0.769. The van der Waals surface area contributed by atoms with Gasteiger partial charge in [0.05, 0.1) is 17.9 Å². The second-order valence-electron chi connectivity index (χ2n) is 6.92. The standard InChI is InChI=1S/C19H24N4O/c1-22-13-15(12-20-22)23-11-10-18(19(23)24)21-17-9-5-8-16(17)14-6-3-2-4-7-14/h2-4,6-7,12-13,16-18,21H,5,8-11H2,1H3/t16-,17-,18-/m0/s1. The molecule has 1 aliphatic heterocycles. The first-order valence-electron chi connectivity index (χ1n) is 8.83. The van der Waals surface area contributed by atoms with Gasteiger partial charge in [-0.1, -0.05) is 36.8 Å². The van der Waals surface area contributed by atoms with Crippen LogP contribution in [0.5, 0.6) is 0 Å². The summed E-state index contributed by atoms with van der Waals surface area (Å²) in [6, 6.07) is 11.0. The number of hydrogen-bond donors (Lipinski definition) is 1. The average molecular weight is 324 g/mol. The normalized spacial score (nSPS) is 27.1. The van der Waals surface area contributed by atoms with E-state index in [1.807, 2.05) is 18.1 Å². The van der Waals surface area contributed by atoms with Crippen molar-refractivity contribution in [1.29, 1.82) is 0 Å². The van der Waals surface area contributed by atoms with Gasteiger partial charge in [-0.25, -0.2) is 0 Å². The molecule has 24 heavy (non-hydrogen) atoms. The lowest BCUT2D eigenvalue weighted by molar-refractivity contribution is -0.119. The second kappa shape index (κ2) is 6.40. The van der Waals surface area contributed by atoms with Crippen LogP contribution in [0.1, 0.15) is 37.2 Å². The molecular weight excluding hydrogens is 300 g/mol. The van der Waals surface area contributed by atoms with E-state index >= 15 is 0 Å². The molecule has 1 amide bonds. The van der Waals surface area contributed by atoms with Crippen LogP contribution in [0.2, 0.25) is 0 Å². The number of hydrogen-bond acceptors (Lipinski definition) is 3. The van der Waals surface area contributed by atoms with Crippen LogP contribution in [0, 0.1) is 0 Å². The monoisotopic (exact) mass is 324 g/mol. The van der Waals surface area contributed by atoms with Crippen LogP contribution >= 0.6 is 0 Å². The predicted octanol–water partition coefficient (Wildman–Crippen LogP) is 2.45. The number of amides is 1. The van der Waals surface area contributed by atoms with E-state index in [0.717, 1.165) is 25.1 Å². The van der Waals surface area contributed by atoms with Gasteiger partial charge in [-0.05, 0) is 30.7 Å². The Balaban J connectivity index is 1.45. The first-order valence-corrected chi connectivity index (χ1v) is 8.83. The topological polar surface area (TPSA) is 50.2 Å². The Morgan fingerprint density at radius 2 is 2.00 bits per heavy atom. The van der Waals surface area contributed by atoms with Gasteiger partial charge in [0, 0.05) is 25.8 Å². The largest absolute Gasteiger partial charge is 0.308 e. The van der Waals surface area contributed by atoms with Crippen molar-refractivity contribution in [3.63, 3.8) is 0 Å². The van der Waals surface area contributed by atoms with Crippen molar-refractivity contribution < 1.29 is 4.79 Å². The minimum atomic E-state index is -0.0699. The van der Waals surface area contributed by atoms with E-state index in [4.69, 9.17) is 0 Å². The first-order chi connectivity index (χ1) is 11.7. The van der Waals surface area contributed by atoms with E-state index < -0.39 is 0 Å². The lowest BCUT2D eigenvalue weighted by Crippen LogP contribution is -2.44. The summed E-state index contributed by atoms with van der Waals surface area (Å²) in [5, 5.41) is 7.84. The molecule has 3 atom stereocenters. The molecule has 2 aromatic rings. The van der Waals surface area contributed by atoms with Crippen LogP contribution in [0.3, 0.4) is 0 Å². The zero-order chi connectivity index (χ0) is 16.5. The van der Waals surface area contributed by atoms with Gasteiger partial charge in [-0.2, -0.15) is 5.10 Å². The fraction of sp³-hybridized carbons (Fsp3) is 0.474. The Hall–Kier alpha value is -2.14. The minimum absolute atomic E-state index is 0.0699. The van der Waals surface area contributed by atoms with Gasteiger partial charge in [0.2, 0.25) is 5.91 Å². The van der Waals surface area contributed by atoms with E-state index in [-0.39, 0.29) is 11.9 Å². The quantitative estimate of drug-likeness (QED) is 0.940. The van der Waals surface area contributed by atoms with E-state index in [2.05, 4.69) is 40.7 Å².